The average Bonchev–Trinajstić information content (AvgIpc) is 1.85. The second-order valence-electron chi connectivity index (χ2n) is 2.28. The number of alkyl halides is 4. The van der Waals surface area contributed by atoms with Crippen molar-refractivity contribution in [1.82, 2.24) is 0 Å². The molecule has 72 valence electrons. The molecule has 0 amide bonds. The quantitative estimate of drug-likeness (QED) is 0.643. The van der Waals surface area contributed by atoms with Crippen LogP contribution >= 0.6 is 58.0 Å². The zero-order valence-corrected chi connectivity index (χ0v) is 10.1. The lowest BCUT2D eigenvalue weighted by molar-refractivity contribution is 0.752. The van der Waals surface area contributed by atoms with Crippen LogP contribution in [-0.4, -0.2) is 16.1 Å². The Labute approximate surface area is 97.8 Å². The fraction of sp³-hybridized carbons (Fsp3) is 0.714. The van der Waals surface area contributed by atoms with Gasteiger partial charge in [-0.05, 0) is 6.42 Å². The van der Waals surface area contributed by atoms with Crippen molar-refractivity contribution in [2.24, 2.45) is 0 Å². The van der Waals surface area contributed by atoms with Gasteiger partial charge in [-0.2, -0.15) is 0 Å². The summed E-state index contributed by atoms with van der Waals surface area (Å²) in [7, 11) is 0. The summed E-state index contributed by atoms with van der Waals surface area (Å²) in [5, 5.41) is 0.570. The summed E-state index contributed by atoms with van der Waals surface area (Å²) < 4.78 is -0.874. The number of hydrogen-bond acceptors (Lipinski definition) is 0. The van der Waals surface area contributed by atoms with Gasteiger partial charge in [-0.25, -0.2) is 0 Å². The molecule has 0 spiro atoms. The van der Waals surface area contributed by atoms with Gasteiger partial charge in [0.05, 0.1) is 0 Å². The summed E-state index contributed by atoms with van der Waals surface area (Å²) in [6.45, 7) is 0. The van der Waals surface area contributed by atoms with Gasteiger partial charge >= 0.3 is 0 Å². The molecule has 0 bridgehead atoms. The van der Waals surface area contributed by atoms with Crippen molar-refractivity contribution < 1.29 is 0 Å². The van der Waals surface area contributed by atoms with E-state index in [0.29, 0.717) is 29.6 Å². The van der Waals surface area contributed by atoms with Gasteiger partial charge < -0.3 is 0 Å². The summed E-state index contributed by atoms with van der Waals surface area (Å²) in [5.74, 6) is 0.779. The van der Waals surface area contributed by atoms with Crippen LogP contribution in [0.3, 0.4) is 0 Å². The molecular formula is C7H9Cl5. The Morgan fingerprint density at radius 2 is 1.83 bits per heavy atom. The maximum atomic E-state index is 5.88. The fourth-order valence-corrected chi connectivity index (χ4v) is 2.33. The minimum Gasteiger partial charge on any atom is -0.127 e. The van der Waals surface area contributed by atoms with Crippen LogP contribution in [0.25, 0.3) is 0 Å². The molecule has 0 unspecified atom stereocenters. The van der Waals surface area contributed by atoms with E-state index in [-0.39, 0.29) is 0 Å². The minimum absolute atomic E-state index is 0.365. The predicted molar refractivity (Wildman–Crippen MR) is 59.0 cm³/mol. The number of halogens is 5. The van der Waals surface area contributed by atoms with E-state index in [9.17, 15) is 0 Å². The zero-order chi connectivity index (χ0) is 9.61. The smallest absolute Gasteiger partial charge is 0.124 e. The van der Waals surface area contributed by atoms with Crippen molar-refractivity contribution in [1.29, 1.82) is 0 Å². The highest BCUT2D eigenvalue weighted by molar-refractivity contribution is 6.49. The molecule has 0 aliphatic carbocycles. The lowest BCUT2D eigenvalue weighted by Gasteiger charge is -2.17. The van der Waals surface area contributed by atoms with Crippen molar-refractivity contribution in [2.75, 3.05) is 11.8 Å². The van der Waals surface area contributed by atoms with Crippen molar-refractivity contribution in [2.45, 2.75) is 17.2 Å². The predicted octanol–water partition coefficient (Wildman–Crippen LogP) is 4.54. The van der Waals surface area contributed by atoms with Crippen LogP contribution in [0.2, 0.25) is 0 Å². The first kappa shape index (κ1) is 13.2. The molecule has 0 aliphatic heterocycles. The highest BCUT2D eigenvalue weighted by Crippen LogP contribution is 2.34. The second-order valence-corrected chi connectivity index (χ2v) is 5.09. The van der Waals surface area contributed by atoms with Gasteiger partial charge in [-0.1, -0.05) is 17.7 Å². The summed E-state index contributed by atoms with van der Waals surface area (Å²) >= 11 is 28.4. The van der Waals surface area contributed by atoms with Crippen LogP contribution in [0, 0.1) is 0 Å². The van der Waals surface area contributed by atoms with Crippen molar-refractivity contribution in [3.8, 4) is 0 Å². The number of rotatable bonds is 5. The van der Waals surface area contributed by atoms with Gasteiger partial charge in [0.2, 0.25) is 0 Å². The number of hydrogen-bond donors (Lipinski definition) is 0. The molecule has 0 rings (SSSR count). The monoisotopic (exact) mass is 268 g/mol. The number of allylic oxidation sites excluding steroid dienone is 2. The van der Waals surface area contributed by atoms with E-state index < -0.39 is 4.33 Å². The summed E-state index contributed by atoms with van der Waals surface area (Å²) in [6, 6.07) is 0. The molecule has 0 fully saturated rings. The van der Waals surface area contributed by atoms with E-state index in [1.165, 1.54) is 0 Å². The largest absolute Gasteiger partial charge is 0.127 e. The molecular weight excluding hydrogens is 261 g/mol. The molecule has 0 saturated heterocycles. The summed E-state index contributed by atoms with van der Waals surface area (Å²) in [5.41, 5.74) is 0. The van der Waals surface area contributed by atoms with Crippen molar-refractivity contribution in [3.05, 3.63) is 11.1 Å². The average molecular weight is 270 g/mol. The normalized spacial score (nSPS) is 13.6. The van der Waals surface area contributed by atoms with E-state index >= 15 is 0 Å². The molecule has 0 aromatic heterocycles. The van der Waals surface area contributed by atoms with Crippen LogP contribution in [0.15, 0.2) is 11.1 Å². The molecule has 0 heterocycles. The Balaban J connectivity index is 3.95. The van der Waals surface area contributed by atoms with Crippen LogP contribution < -0.4 is 0 Å². The van der Waals surface area contributed by atoms with Crippen LogP contribution in [0.4, 0.5) is 0 Å². The summed E-state index contributed by atoms with van der Waals surface area (Å²) in [6.07, 6.45) is 2.55. The molecule has 0 radical (unpaired) electrons. The third-order valence-corrected chi connectivity index (χ3v) is 2.46. The first-order valence-electron chi connectivity index (χ1n) is 3.36. The molecule has 5 heteroatoms. The van der Waals surface area contributed by atoms with Crippen LogP contribution in [-0.2, 0) is 0 Å². The van der Waals surface area contributed by atoms with Crippen molar-refractivity contribution >= 4 is 58.0 Å². The third-order valence-electron chi connectivity index (χ3n) is 1.19. The molecule has 0 aromatic carbocycles. The van der Waals surface area contributed by atoms with Crippen LogP contribution in [0.5, 0.6) is 0 Å². The highest BCUT2D eigenvalue weighted by Gasteiger charge is 2.23. The molecule has 0 atom stereocenters. The molecule has 0 N–H and O–H groups in total. The molecule has 0 nitrogen and oxygen atoms in total. The van der Waals surface area contributed by atoms with E-state index in [0.717, 1.165) is 0 Å². The standard InChI is InChI=1S/C7H9Cl5/c8-3-1-6(10)5-7(11,12)2-4-9/h1H,2-5H2. The maximum absolute atomic E-state index is 5.88. The second kappa shape index (κ2) is 6.62. The zero-order valence-electron chi connectivity index (χ0n) is 6.30. The maximum Gasteiger partial charge on any atom is 0.124 e. The minimum atomic E-state index is -0.874. The Hall–Kier alpha value is 1.19. The Morgan fingerprint density at radius 1 is 1.25 bits per heavy atom. The summed E-state index contributed by atoms with van der Waals surface area (Å²) in [4.78, 5) is 0. The van der Waals surface area contributed by atoms with Gasteiger partial charge in [-0.15, -0.1) is 46.4 Å². The van der Waals surface area contributed by atoms with E-state index in [4.69, 9.17) is 58.0 Å². The SMILES string of the molecule is ClCC=C(Cl)CC(Cl)(Cl)CCCl. The third kappa shape index (κ3) is 6.68. The van der Waals surface area contributed by atoms with Gasteiger partial charge in [0, 0.05) is 23.2 Å². The molecule has 0 aliphatic rings. The molecule has 0 aromatic rings. The van der Waals surface area contributed by atoms with E-state index in [2.05, 4.69) is 0 Å². The van der Waals surface area contributed by atoms with Gasteiger partial charge in [0.15, 0.2) is 0 Å². The van der Waals surface area contributed by atoms with Gasteiger partial charge in [0.1, 0.15) is 4.33 Å². The highest BCUT2D eigenvalue weighted by atomic mass is 35.5. The Morgan fingerprint density at radius 3 is 2.25 bits per heavy atom. The Kier molecular flexibility index (Phi) is 7.27. The topological polar surface area (TPSA) is 0 Å². The molecule has 0 saturated carbocycles. The lowest BCUT2D eigenvalue weighted by Crippen LogP contribution is -2.13. The van der Waals surface area contributed by atoms with Crippen LogP contribution in [0.1, 0.15) is 12.8 Å². The lowest BCUT2D eigenvalue weighted by atomic mass is 10.2. The van der Waals surface area contributed by atoms with E-state index in [1.807, 2.05) is 0 Å². The van der Waals surface area contributed by atoms with Gasteiger partial charge in [0.25, 0.3) is 0 Å². The first-order chi connectivity index (χ1) is 5.52. The van der Waals surface area contributed by atoms with Gasteiger partial charge in [-0.3, -0.25) is 0 Å². The van der Waals surface area contributed by atoms with Crippen molar-refractivity contribution in [3.63, 3.8) is 0 Å². The first-order valence-corrected chi connectivity index (χ1v) is 5.56. The van der Waals surface area contributed by atoms with E-state index in [1.54, 1.807) is 6.08 Å². The fourth-order valence-electron chi connectivity index (χ4n) is 0.630. The Bertz CT molecular complexity index is 152. The molecule has 12 heavy (non-hydrogen) atoms.